The lowest BCUT2D eigenvalue weighted by molar-refractivity contribution is -0.131. The van der Waals surface area contributed by atoms with Crippen molar-refractivity contribution in [1.82, 2.24) is 45.4 Å². The van der Waals surface area contributed by atoms with Gasteiger partial charge in [0.1, 0.15) is 6.29 Å². The number of nitrogens with zero attached hydrogens (tertiary/aromatic N) is 4. The largest absolute Gasteiger partial charge is 0.453 e. The van der Waals surface area contributed by atoms with E-state index >= 15 is 0 Å². The van der Waals surface area contributed by atoms with Crippen molar-refractivity contribution in [2.24, 2.45) is 0 Å². The van der Waals surface area contributed by atoms with Crippen LogP contribution in [0.1, 0.15) is 73.1 Å². The molecule has 0 saturated carbocycles. The number of methoxy groups -OCH3 is 1. The molecule has 0 aliphatic carbocycles. The minimum Gasteiger partial charge on any atom is -0.453 e. The number of carbonyl (C=O) groups excluding carboxylic acids is 4. The first-order valence-corrected chi connectivity index (χ1v) is 20.1. The second kappa shape index (κ2) is 27.3. The highest BCUT2D eigenvalue weighted by Gasteiger charge is 2.17. The minimum atomic E-state index is -0.586. The summed E-state index contributed by atoms with van der Waals surface area (Å²) in [5.74, 6) is -0.120. The molecule has 5 N–H and O–H groups in total. The molecule has 0 bridgehead atoms. The summed E-state index contributed by atoms with van der Waals surface area (Å²) in [6, 6.07) is 8.53. The van der Waals surface area contributed by atoms with Crippen molar-refractivity contribution in [2.75, 3.05) is 53.4 Å². The van der Waals surface area contributed by atoms with E-state index in [1.54, 1.807) is 28.9 Å². The van der Waals surface area contributed by atoms with Crippen LogP contribution >= 0.6 is 11.3 Å². The third-order valence-electron chi connectivity index (χ3n) is 7.98. The van der Waals surface area contributed by atoms with Crippen LogP contribution in [0.25, 0.3) is 43.9 Å². The molecule has 0 radical (unpaired) electrons. The number of rotatable bonds is 7. The number of aromatic amines is 3. The number of alkyl carbamates (subject to hydrolysis) is 1. The normalized spacial score (nSPS) is 12.8. The lowest BCUT2D eigenvalue weighted by Gasteiger charge is -2.14. The number of hydrogen-bond donors (Lipinski definition) is 5. The predicted octanol–water partition coefficient (Wildman–Crippen LogP) is 7.51. The molecule has 306 valence electrons. The van der Waals surface area contributed by atoms with Gasteiger partial charge in [0.15, 0.2) is 0 Å². The molecular formula is C41H61N9O5S. The molecule has 2 saturated heterocycles. The van der Waals surface area contributed by atoms with Crippen LogP contribution in [0.15, 0.2) is 60.9 Å². The van der Waals surface area contributed by atoms with Gasteiger partial charge in [-0.25, -0.2) is 14.8 Å². The van der Waals surface area contributed by atoms with Crippen molar-refractivity contribution >= 4 is 45.7 Å². The lowest BCUT2D eigenvalue weighted by Crippen LogP contribution is -2.37. The molecule has 0 spiro atoms. The van der Waals surface area contributed by atoms with Crippen LogP contribution in [0.2, 0.25) is 0 Å². The van der Waals surface area contributed by atoms with E-state index < -0.39 is 6.09 Å². The van der Waals surface area contributed by atoms with E-state index in [2.05, 4.69) is 116 Å². The van der Waals surface area contributed by atoms with Crippen LogP contribution in [0.4, 0.5) is 4.79 Å². The van der Waals surface area contributed by atoms with Gasteiger partial charge >= 0.3 is 6.09 Å². The molecule has 56 heavy (non-hydrogen) atoms. The molecule has 1 aromatic carbocycles. The summed E-state index contributed by atoms with van der Waals surface area (Å²) in [6.45, 7) is 14.4. The zero-order valence-electron chi connectivity index (χ0n) is 34.1. The van der Waals surface area contributed by atoms with Crippen LogP contribution in [-0.2, 0) is 19.1 Å². The molecule has 0 atom stereocenters. The topological polar surface area (TPSA) is 181 Å². The fraction of sp³-hybridized carbons (Fsp3) is 0.463. The van der Waals surface area contributed by atoms with Crippen LogP contribution in [-0.4, -0.2) is 112 Å². The summed E-state index contributed by atoms with van der Waals surface area (Å²) in [5.41, 5.74) is 7.92. The Morgan fingerprint density at radius 1 is 0.821 bits per heavy atom. The smallest absolute Gasteiger partial charge is 0.407 e. The molecule has 0 unspecified atom stereocenters. The molecule has 7 rings (SSSR count). The van der Waals surface area contributed by atoms with Crippen LogP contribution in [0.3, 0.4) is 0 Å². The third kappa shape index (κ3) is 16.6. The van der Waals surface area contributed by atoms with Gasteiger partial charge in [0.05, 0.1) is 66.9 Å². The number of hydrogen-bond acceptors (Lipinski definition) is 9. The van der Waals surface area contributed by atoms with Crippen molar-refractivity contribution in [2.45, 2.75) is 73.1 Å². The van der Waals surface area contributed by atoms with Gasteiger partial charge in [0, 0.05) is 42.7 Å². The summed E-state index contributed by atoms with van der Waals surface area (Å²) >= 11 is 1.75. The molecule has 5 aromatic rings. The highest BCUT2D eigenvalue weighted by molar-refractivity contribution is 7.18. The van der Waals surface area contributed by atoms with E-state index in [1.807, 2.05) is 12.4 Å². The summed E-state index contributed by atoms with van der Waals surface area (Å²) in [4.78, 5) is 63.4. The Labute approximate surface area is 335 Å². The number of thiophene rings is 1. The summed E-state index contributed by atoms with van der Waals surface area (Å²) in [5, 5.41) is 6.81. The maximum absolute atomic E-state index is 11.3. The summed E-state index contributed by atoms with van der Waals surface area (Å²) in [6.07, 6.45) is 16.7. The van der Waals surface area contributed by atoms with E-state index in [9.17, 15) is 19.2 Å². The van der Waals surface area contributed by atoms with Gasteiger partial charge in [-0.3, -0.25) is 9.59 Å². The number of imidazole rings is 2. The molecule has 4 aromatic heterocycles. The number of nitrogens with one attached hydrogen (secondary N) is 5. The fourth-order valence-electron chi connectivity index (χ4n) is 5.32. The molecule has 3 amide bonds. The predicted molar refractivity (Wildman–Crippen MR) is 226 cm³/mol. The monoisotopic (exact) mass is 791 g/mol. The number of aromatic nitrogens is 5. The molecule has 15 heteroatoms. The Morgan fingerprint density at radius 3 is 1.86 bits per heavy atom. The average molecular weight is 792 g/mol. The Balaban J connectivity index is 0.000000283. The van der Waals surface area contributed by atoms with Gasteiger partial charge in [0.25, 0.3) is 0 Å². The van der Waals surface area contributed by atoms with Gasteiger partial charge < -0.3 is 44.9 Å². The quantitative estimate of drug-likeness (QED) is 0.105. The average Bonchev–Trinajstić information content (AvgIpc) is 4.04. The molecule has 2 fully saturated rings. The number of amides is 3. The van der Waals surface area contributed by atoms with Crippen LogP contribution in [0.5, 0.6) is 0 Å². The van der Waals surface area contributed by atoms with Gasteiger partial charge in [-0.05, 0) is 56.9 Å². The van der Waals surface area contributed by atoms with E-state index in [4.69, 9.17) is 0 Å². The Kier molecular flexibility index (Phi) is 22.9. The molecule has 14 nitrogen and oxygen atoms in total. The SMILES string of the molecule is CC(=O)NCC(=O)N1CCCC1.CCC.CCC.CN1CCCC1.COC(=O)NCC=O.c1ncc(-c2ccc(-c3c[nH]c4c(-c5cnc[nH]5)csc34)cc2)[nH]1. The zero-order valence-corrected chi connectivity index (χ0v) is 34.9. The van der Waals surface area contributed by atoms with E-state index in [0.717, 1.165) is 54.0 Å². The number of aldehydes is 1. The van der Waals surface area contributed by atoms with E-state index in [1.165, 1.54) is 68.6 Å². The molecule has 6 heterocycles. The van der Waals surface area contributed by atoms with Gasteiger partial charge in [-0.15, -0.1) is 11.3 Å². The molecule has 2 aliphatic heterocycles. The van der Waals surface area contributed by atoms with Crippen molar-refractivity contribution in [3.8, 4) is 33.6 Å². The zero-order chi connectivity index (χ0) is 41.1. The number of benzene rings is 1. The molecular weight excluding hydrogens is 731 g/mol. The fourth-order valence-corrected chi connectivity index (χ4v) is 6.39. The summed E-state index contributed by atoms with van der Waals surface area (Å²) < 4.78 is 5.40. The number of H-pyrrole nitrogens is 3. The van der Waals surface area contributed by atoms with Crippen molar-refractivity contribution < 1.29 is 23.9 Å². The van der Waals surface area contributed by atoms with Crippen molar-refractivity contribution in [3.05, 3.63) is 60.9 Å². The van der Waals surface area contributed by atoms with Gasteiger partial charge in [-0.1, -0.05) is 64.8 Å². The highest BCUT2D eigenvalue weighted by atomic mass is 32.1. The van der Waals surface area contributed by atoms with Crippen LogP contribution in [0, 0.1) is 0 Å². The second-order valence-corrected chi connectivity index (χ2v) is 13.9. The maximum Gasteiger partial charge on any atom is 0.407 e. The Hall–Kier alpha value is -5.28. The number of carbonyl (C=O) groups is 4. The first kappa shape index (κ1) is 46.9. The van der Waals surface area contributed by atoms with E-state index in [-0.39, 0.29) is 24.9 Å². The standard InChI is InChI=1S/C18H13N5S.C8H14N2O2.C5H11N.C4H7NO3.2C3H8/c1-3-12(15-6-19-9-22-15)4-2-11(1)13-5-21-17-14(8-24-18(13)17)16-7-20-10-23-16;1-7(11)9-6-8(12)10-4-2-3-5-10;1-6-4-2-3-5-6;1-8-4(7)5-2-3-6;2*1-3-2/h1-10,21H,(H,19,22)(H,20,23);2-6H2,1H3,(H,9,11);2-5H2,1H3;3H,2H2,1H3,(H,5,7);2*3H2,1-2H3. The molecule has 2 aliphatic rings. The second-order valence-electron chi connectivity index (χ2n) is 13.0. The van der Waals surface area contributed by atoms with Crippen molar-refractivity contribution in [3.63, 3.8) is 0 Å². The first-order chi connectivity index (χ1) is 27.1. The van der Waals surface area contributed by atoms with Gasteiger partial charge in [0.2, 0.25) is 11.8 Å². The first-order valence-electron chi connectivity index (χ1n) is 19.3. The van der Waals surface area contributed by atoms with E-state index in [0.29, 0.717) is 6.29 Å². The third-order valence-corrected chi connectivity index (χ3v) is 9.00. The minimum absolute atomic E-state index is 0.00662. The highest BCUT2D eigenvalue weighted by Crippen LogP contribution is 2.39. The number of likely N-dealkylation sites (tertiary alicyclic amines) is 2. The Bertz CT molecular complexity index is 1790. The van der Waals surface area contributed by atoms with Crippen LogP contribution < -0.4 is 10.6 Å². The maximum atomic E-state index is 11.3. The lowest BCUT2D eigenvalue weighted by atomic mass is 10.1. The Morgan fingerprint density at radius 2 is 1.38 bits per heavy atom. The number of ether oxygens (including phenoxy) is 1. The van der Waals surface area contributed by atoms with Crippen molar-refractivity contribution in [1.29, 1.82) is 0 Å². The summed E-state index contributed by atoms with van der Waals surface area (Å²) in [7, 11) is 3.41. The van der Waals surface area contributed by atoms with Gasteiger partial charge in [-0.2, -0.15) is 0 Å². The number of fused-ring (bicyclic) bond motifs is 1.